The summed E-state index contributed by atoms with van der Waals surface area (Å²) in [5.41, 5.74) is 7.46. The number of hydrazine groups is 1. The van der Waals surface area contributed by atoms with Gasteiger partial charge in [-0.15, -0.1) is 0 Å². The average molecular weight is 476 g/mol. The highest BCUT2D eigenvalue weighted by molar-refractivity contribution is 9.10. The molecule has 7 nitrogen and oxygen atoms in total. The summed E-state index contributed by atoms with van der Waals surface area (Å²) in [6.07, 6.45) is 5.28. The Balaban J connectivity index is 1.28. The van der Waals surface area contributed by atoms with E-state index in [1.54, 1.807) is 23.4 Å². The predicted molar refractivity (Wildman–Crippen MR) is 114 cm³/mol. The van der Waals surface area contributed by atoms with Crippen LogP contribution in [-0.2, 0) is 9.59 Å². The number of nitrogens with one attached hydrogen (secondary N) is 3. The number of carbonyl (C=O) groups is 2. The van der Waals surface area contributed by atoms with Crippen molar-refractivity contribution < 1.29 is 14.0 Å². The van der Waals surface area contributed by atoms with Gasteiger partial charge in [0.15, 0.2) is 0 Å². The molecule has 0 aliphatic carbocycles. The van der Waals surface area contributed by atoms with E-state index in [4.69, 9.17) is 0 Å². The number of anilines is 1. The quantitative estimate of drug-likeness (QED) is 0.632. The number of amides is 2. The molecule has 9 heteroatoms. The minimum atomic E-state index is -0.478. The van der Waals surface area contributed by atoms with Gasteiger partial charge in [-0.2, -0.15) is 0 Å². The highest BCUT2D eigenvalue weighted by atomic mass is 79.9. The topological polar surface area (TPSA) is 86.4 Å². The number of halogens is 2. The zero-order chi connectivity index (χ0) is 21.1. The lowest BCUT2D eigenvalue weighted by Gasteiger charge is -2.32. The summed E-state index contributed by atoms with van der Waals surface area (Å²) in [6, 6.07) is 8.13. The van der Waals surface area contributed by atoms with Crippen LogP contribution >= 0.6 is 15.9 Å². The fraction of sp³-hybridized carbons (Fsp3) is 0.381. The van der Waals surface area contributed by atoms with Crippen molar-refractivity contribution in [3.63, 3.8) is 0 Å². The molecule has 0 bridgehead atoms. The van der Waals surface area contributed by atoms with Crippen molar-refractivity contribution >= 4 is 33.4 Å². The Hall–Kier alpha value is -2.36. The summed E-state index contributed by atoms with van der Waals surface area (Å²) in [4.78, 5) is 31.3. The lowest BCUT2D eigenvalue weighted by molar-refractivity contribution is -0.136. The Kier molecular flexibility index (Phi) is 6.40. The first-order valence-electron chi connectivity index (χ1n) is 9.97. The Morgan fingerprint density at radius 1 is 1.20 bits per heavy atom. The zero-order valence-corrected chi connectivity index (χ0v) is 17.9. The number of likely N-dealkylation sites (tertiary alicyclic amines) is 1. The monoisotopic (exact) mass is 475 g/mol. The molecule has 2 amide bonds. The first-order valence-corrected chi connectivity index (χ1v) is 10.8. The van der Waals surface area contributed by atoms with E-state index >= 15 is 0 Å². The summed E-state index contributed by atoms with van der Waals surface area (Å²) >= 11 is 3.20. The molecule has 4 rings (SSSR count). The van der Waals surface area contributed by atoms with Gasteiger partial charge in [0.2, 0.25) is 11.8 Å². The SMILES string of the molecule is O=C(Nc1ccc(Br)cc1F)C1CCN(C(=O)C2CC(c3cccnc3)NN2)CC1. The van der Waals surface area contributed by atoms with Gasteiger partial charge in [-0.3, -0.25) is 14.6 Å². The Morgan fingerprint density at radius 3 is 2.70 bits per heavy atom. The van der Waals surface area contributed by atoms with Gasteiger partial charge >= 0.3 is 0 Å². The third kappa shape index (κ3) is 4.69. The minimum absolute atomic E-state index is 0.0340. The van der Waals surface area contributed by atoms with Crippen LogP contribution in [0.2, 0.25) is 0 Å². The standard InChI is InChI=1S/C21H23BrFN5O2/c22-15-3-4-17(16(23)10-15)25-20(29)13-5-8-28(9-6-13)21(30)19-11-18(26-27-19)14-2-1-7-24-12-14/h1-4,7,10,12-13,18-19,26-27H,5-6,8-9,11H2,(H,25,29). The van der Waals surface area contributed by atoms with Crippen molar-refractivity contribution in [2.45, 2.75) is 31.3 Å². The summed E-state index contributed by atoms with van der Waals surface area (Å²) < 4.78 is 14.6. The normalized spacial score (nSPS) is 22.1. The van der Waals surface area contributed by atoms with E-state index in [0.717, 1.165) is 5.56 Å². The van der Waals surface area contributed by atoms with Crippen LogP contribution in [0.5, 0.6) is 0 Å². The highest BCUT2D eigenvalue weighted by Gasteiger charge is 2.35. The molecule has 2 aromatic rings. The molecule has 3 heterocycles. The molecule has 0 saturated carbocycles. The first kappa shape index (κ1) is 20.9. The number of piperidine rings is 1. The third-order valence-electron chi connectivity index (χ3n) is 5.65. The van der Waals surface area contributed by atoms with Crippen molar-refractivity contribution in [1.82, 2.24) is 20.7 Å². The van der Waals surface area contributed by atoms with Crippen molar-refractivity contribution in [3.05, 3.63) is 58.6 Å². The molecule has 2 aliphatic rings. The lowest BCUT2D eigenvalue weighted by Crippen LogP contribution is -2.49. The van der Waals surface area contributed by atoms with Gasteiger partial charge in [0, 0.05) is 41.9 Å². The van der Waals surface area contributed by atoms with Crippen molar-refractivity contribution in [3.8, 4) is 0 Å². The number of aromatic nitrogens is 1. The number of rotatable bonds is 4. The number of benzene rings is 1. The zero-order valence-electron chi connectivity index (χ0n) is 16.3. The maximum absolute atomic E-state index is 14.0. The summed E-state index contributed by atoms with van der Waals surface area (Å²) in [6.45, 7) is 1.02. The van der Waals surface area contributed by atoms with Crippen molar-refractivity contribution in [2.75, 3.05) is 18.4 Å². The molecule has 1 aromatic carbocycles. The van der Waals surface area contributed by atoms with E-state index in [0.29, 0.717) is 36.8 Å². The Morgan fingerprint density at radius 2 is 2.00 bits per heavy atom. The maximum Gasteiger partial charge on any atom is 0.241 e. The smallest absolute Gasteiger partial charge is 0.241 e. The molecule has 2 saturated heterocycles. The minimum Gasteiger partial charge on any atom is -0.341 e. The van der Waals surface area contributed by atoms with Gasteiger partial charge in [0.25, 0.3) is 0 Å². The van der Waals surface area contributed by atoms with Gasteiger partial charge < -0.3 is 10.2 Å². The average Bonchev–Trinajstić information content (AvgIpc) is 3.26. The number of nitrogens with zero attached hydrogens (tertiary/aromatic N) is 2. The van der Waals surface area contributed by atoms with Gasteiger partial charge in [0.1, 0.15) is 11.9 Å². The second kappa shape index (κ2) is 9.20. The van der Waals surface area contributed by atoms with Crippen molar-refractivity contribution in [1.29, 1.82) is 0 Å². The van der Waals surface area contributed by atoms with Crippen LogP contribution in [0.3, 0.4) is 0 Å². The second-order valence-electron chi connectivity index (χ2n) is 7.63. The maximum atomic E-state index is 14.0. The first-order chi connectivity index (χ1) is 14.5. The largest absolute Gasteiger partial charge is 0.341 e. The Bertz CT molecular complexity index is 921. The number of carbonyl (C=O) groups excluding carboxylic acids is 2. The molecule has 3 N–H and O–H groups in total. The number of pyridine rings is 1. The molecule has 30 heavy (non-hydrogen) atoms. The molecule has 2 aliphatic heterocycles. The van der Waals surface area contributed by atoms with E-state index < -0.39 is 5.82 Å². The molecule has 2 fully saturated rings. The van der Waals surface area contributed by atoms with Crippen LogP contribution in [0.4, 0.5) is 10.1 Å². The van der Waals surface area contributed by atoms with Gasteiger partial charge in [-0.25, -0.2) is 15.2 Å². The van der Waals surface area contributed by atoms with Crippen LogP contribution in [0.25, 0.3) is 0 Å². The fourth-order valence-electron chi connectivity index (χ4n) is 3.93. The van der Waals surface area contributed by atoms with Gasteiger partial charge in [-0.1, -0.05) is 22.0 Å². The van der Waals surface area contributed by atoms with Crippen molar-refractivity contribution in [2.24, 2.45) is 5.92 Å². The summed E-state index contributed by atoms with van der Waals surface area (Å²) in [5, 5.41) is 2.66. The molecule has 2 unspecified atom stereocenters. The Labute approximate surface area is 182 Å². The van der Waals surface area contributed by atoms with Crippen LogP contribution in [-0.4, -0.2) is 40.8 Å². The molecular formula is C21H23BrFN5O2. The molecule has 2 atom stereocenters. The molecule has 0 radical (unpaired) electrons. The van der Waals surface area contributed by atoms with Crippen LogP contribution in [0.1, 0.15) is 30.9 Å². The number of hydrogen-bond acceptors (Lipinski definition) is 5. The molecule has 1 aromatic heterocycles. The van der Waals surface area contributed by atoms with Crippen LogP contribution < -0.4 is 16.2 Å². The van der Waals surface area contributed by atoms with E-state index in [9.17, 15) is 14.0 Å². The van der Waals surface area contributed by atoms with Gasteiger partial charge in [-0.05, 0) is 49.1 Å². The highest BCUT2D eigenvalue weighted by Crippen LogP contribution is 2.26. The molecular weight excluding hydrogens is 453 g/mol. The molecule has 158 valence electrons. The number of hydrogen-bond donors (Lipinski definition) is 3. The van der Waals surface area contributed by atoms with E-state index in [1.807, 2.05) is 12.1 Å². The van der Waals surface area contributed by atoms with E-state index in [-0.39, 0.29) is 35.5 Å². The molecule has 0 spiro atoms. The van der Waals surface area contributed by atoms with E-state index in [1.165, 1.54) is 12.1 Å². The van der Waals surface area contributed by atoms with Gasteiger partial charge in [0.05, 0.1) is 5.69 Å². The second-order valence-corrected chi connectivity index (χ2v) is 8.54. The van der Waals surface area contributed by atoms with E-state index in [2.05, 4.69) is 37.1 Å². The van der Waals surface area contributed by atoms with Crippen LogP contribution in [0.15, 0.2) is 47.2 Å². The summed E-state index contributed by atoms with van der Waals surface area (Å²) in [5.74, 6) is -0.893. The third-order valence-corrected chi connectivity index (χ3v) is 6.15. The lowest BCUT2D eigenvalue weighted by atomic mass is 9.94. The van der Waals surface area contributed by atoms with Crippen LogP contribution in [0, 0.1) is 11.7 Å². The summed E-state index contributed by atoms with van der Waals surface area (Å²) in [7, 11) is 0. The predicted octanol–water partition coefficient (Wildman–Crippen LogP) is 2.77. The fourth-order valence-corrected chi connectivity index (χ4v) is 4.26.